The Morgan fingerprint density at radius 3 is 2.42 bits per heavy atom. The van der Waals surface area contributed by atoms with Gasteiger partial charge in [-0.15, -0.1) is 0 Å². The van der Waals surface area contributed by atoms with Crippen molar-refractivity contribution in [2.45, 2.75) is 25.3 Å². The van der Waals surface area contributed by atoms with Crippen molar-refractivity contribution in [2.75, 3.05) is 26.2 Å². The summed E-state index contributed by atoms with van der Waals surface area (Å²) in [6.07, 6.45) is 0. The summed E-state index contributed by atoms with van der Waals surface area (Å²) in [5.41, 5.74) is 1.63. The number of hydrogen-bond acceptors (Lipinski definition) is 8. The van der Waals surface area contributed by atoms with Gasteiger partial charge in [0.25, 0.3) is 5.69 Å². The number of nitro groups is 1. The van der Waals surface area contributed by atoms with Gasteiger partial charge in [0, 0.05) is 48.9 Å². The Bertz CT molecular complexity index is 1280. The SMILES string of the molecule is Cc1cc([N+](=O)[O-])cc(S(=O)(=O)N2CCN(Cc3nc(-c4ccc(Cl)cc4)no3)CC2)c1C. The van der Waals surface area contributed by atoms with Crippen molar-refractivity contribution in [1.82, 2.24) is 19.3 Å². The monoisotopic (exact) mass is 491 g/mol. The molecule has 0 saturated carbocycles. The average Bonchev–Trinajstić information content (AvgIpc) is 3.24. The first-order valence-corrected chi connectivity index (χ1v) is 12.0. The molecule has 0 amide bonds. The van der Waals surface area contributed by atoms with Crippen LogP contribution in [0.3, 0.4) is 0 Å². The molecule has 12 heteroatoms. The third kappa shape index (κ3) is 4.91. The molecule has 3 aromatic rings. The predicted octanol–water partition coefficient (Wildman–Crippen LogP) is 3.42. The second-order valence-electron chi connectivity index (χ2n) is 7.84. The van der Waals surface area contributed by atoms with Gasteiger partial charge >= 0.3 is 0 Å². The average molecular weight is 492 g/mol. The van der Waals surface area contributed by atoms with Crippen LogP contribution in [0.4, 0.5) is 5.69 Å². The third-order valence-corrected chi connectivity index (χ3v) is 7.97. The lowest BCUT2D eigenvalue weighted by Gasteiger charge is -2.33. The molecule has 10 nitrogen and oxygen atoms in total. The predicted molar refractivity (Wildman–Crippen MR) is 121 cm³/mol. The molecule has 0 bridgehead atoms. The summed E-state index contributed by atoms with van der Waals surface area (Å²) in [5.74, 6) is 0.890. The molecule has 0 unspecified atom stereocenters. The van der Waals surface area contributed by atoms with Gasteiger partial charge in [-0.25, -0.2) is 8.42 Å². The van der Waals surface area contributed by atoms with E-state index in [1.165, 1.54) is 10.4 Å². The minimum atomic E-state index is -3.86. The van der Waals surface area contributed by atoms with Crippen LogP contribution >= 0.6 is 11.6 Å². The van der Waals surface area contributed by atoms with Crippen LogP contribution in [0, 0.1) is 24.0 Å². The maximum Gasteiger partial charge on any atom is 0.271 e. The van der Waals surface area contributed by atoms with E-state index in [4.69, 9.17) is 16.1 Å². The van der Waals surface area contributed by atoms with Crippen LogP contribution in [0.15, 0.2) is 45.8 Å². The van der Waals surface area contributed by atoms with Gasteiger partial charge in [0.2, 0.25) is 21.7 Å². The van der Waals surface area contributed by atoms with Gasteiger partial charge in [0.1, 0.15) is 0 Å². The second-order valence-corrected chi connectivity index (χ2v) is 10.2. The zero-order valence-electron chi connectivity index (χ0n) is 18.1. The van der Waals surface area contributed by atoms with Gasteiger partial charge in [-0.2, -0.15) is 9.29 Å². The van der Waals surface area contributed by atoms with Crippen molar-refractivity contribution in [3.05, 3.63) is 68.6 Å². The maximum absolute atomic E-state index is 13.2. The molecule has 1 saturated heterocycles. The van der Waals surface area contributed by atoms with Crippen molar-refractivity contribution in [3.63, 3.8) is 0 Å². The summed E-state index contributed by atoms with van der Waals surface area (Å²) in [6, 6.07) is 9.63. The molecule has 2 aromatic carbocycles. The van der Waals surface area contributed by atoms with Crippen molar-refractivity contribution in [1.29, 1.82) is 0 Å². The molecule has 2 heterocycles. The van der Waals surface area contributed by atoms with Gasteiger partial charge in [0.05, 0.1) is 16.4 Å². The van der Waals surface area contributed by atoms with E-state index in [-0.39, 0.29) is 23.7 Å². The van der Waals surface area contributed by atoms with E-state index in [1.54, 1.807) is 38.1 Å². The Kier molecular flexibility index (Phi) is 6.48. The van der Waals surface area contributed by atoms with E-state index < -0.39 is 14.9 Å². The number of nitro benzene ring substituents is 1. The lowest BCUT2D eigenvalue weighted by molar-refractivity contribution is -0.385. The quantitative estimate of drug-likeness (QED) is 0.379. The van der Waals surface area contributed by atoms with Crippen LogP contribution in [-0.4, -0.2) is 58.9 Å². The molecule has 33 heavy (non-hydrogen) atoms. The zero-order chi connectivity index (χ0) is 23.8. The lowest BCUT2D eigenvalue weighted by atomic mass is 10.1. The topological polar surface area (TPSA) is 123 Å². The van der Waals surface area contributed by atoms with Crippen LogP contribution in [0.25, 0.3) is 11.4 Å². The number of sulfonamides is 1. The highest BCUT2D eigenvalue weighted by Crippen LogP contribution is 2.28. The molecular weight excluding hydrogens is 470 g/mol. The van der Waals surface area contributed by atoms with Gasteiger partial charge in [-0.1, -0.05) is 16.8 Å². The van der Waals surface area contributed by atoms with E-state index in [9.17, 15) is 18.5 Å². The summed E-state index contributed by atoms with van der Waals surface area (Å²) in [6.45, 7) is 5.15. The third-order valence-electron chi connectivity index (χ3n) is 5.69. The van der Waals surface area contributed by atoms with Crippen LogP contribution in [0.2, 0.25) is 5.02 Å². The molecular formula is C21H22ClN5O5S. The van der Waals surface area contributed by atoms with Crippen molar-refractivity contribution in [2.24, 2.45) is 0 Å². The largest absolute Gasteiger partial charge is 0.338 e. The standard InChI is InChI=1S/C21H22ClN5O5S/c1-14-11-18(27(28)29)12-19(15(14)2)33(30,31)26-9-7-25(8-10-26)13-20-23-21(24-32-20)16-3-5-17(22)6-4-16/h3-6,11-12H,7-10,13H2,1-2H3. The summed E-state index contributed by atoms with van der Waals surface area (Å²) >= 11 is 5.91. The molecule has 1 aliphatic heterocycles. The van der Waals surface area contributed by atoms with E-state index in [0.717, 1.165) is 11.6 Å². The fraction of sp³-hybridized carbons (Fsp3) is 0.333. The Morgan fingerprint density at radius 2 is 1.79 bits per heavy atom. The fourth-order valence-corrected chi connectivity index (χ4v) is 5.54. The Morgan fingerprint density at radius 1 is 1.12 bits per heavy atom. The van der Waals surface area contributed by atoms with E-state index in [0.29, 0.717) is 47.5 Å². The zero-order valence-corrected chi connectivity index (χ0v) is 19.6. The summed E-state index contributed by atoms with van der Waals surface area (Å²) in [4.78, 5) is 17.0. The van der Waals surface area contributed by atoms with Crippen molar-refractivity contribution >= 4 is 27.3 Å². The smallest absolute Gasteiger partial charge is 0.271 e. The molecule has 1 aromatic heterocycles. The molecule has 0 aliphatic carbocycles. The normalized spacial score (nSPS) is 15.6. The number of hydrogen-bond donors (Lipinski definition) is 0. The fourth-order valence-electron chi connectivity index (χ4n) is 3.68. The van der Waals surface area contributed by atoms with Crippen molar-refractivity contribution in [3.8, 4) is 11.4 Å². The molecule has 0 spiro atoms. The minimum absolute atomic E-state index is 0.0212. The van der Waals surface area contributed by atoms with Gasteiger partial charge in [0.15, 0.2) is 0 Å². The summed E-state index contributed by atoms with van der Waals surface area (Å²) < 4.78 is 33.1. The minimum Gasteiger partial charge on any atom is -0.338 e. The first kappa shape index (κ1) is 23.3. The second kappa shape index (κ2) is 9.18. The highest BCUT2D eigenvalue weighted by molar-refractivity contribution is 7.89. The van der Waals surface area contributed by atoms with Crippen LogP contribution < -0.4 is 0 Å². The highest BCUT2D eigenvalue weighted by atomic mass is 35.5. The number of rotatable bonds is 6. The Hall–Kier alpha value is -2.86. The summed E-state index contributed by atoms with van der Waals surface area (Å²) in [5, 5.41) is 15.8. The maximum atomic E-state index is 13.2. The van der Waals surface area contributed by atoms with Crippen molar-refractivity contribution < 1.29 is 17.9 Å². The van der Waals surface area contributed by atoms with Crippen LogP contribution in [0.5, 0.6) is 0 Å². The Labute approximate surface area is 196 Å². The first-order valence-electron chi connectivity index (χ1n) is 10.2. The number of non-ortho nitro benzene ring substituents is 1. The van der Waals surface area contributed by atoms with Gasteiger partial charge < -0.3 is 4.52 Å². The first-order chi connectivity index (χ1) is 15.6. The summed E-state index contributed by atoms with van der Waals surface area (Å²) in [7, 11) is -3.86. The molecule has 1 aliphatic rings. The molecule has 0 N–H and O–H groups in total. The molecule has 4 rings (SSSR count). The van der Waals surface area contributed by atoms with Gasteiger partial charge in [-0.05, 0) is 49.2 Å². The number of piperazine rings is 1. The number of halogens is 1. The molecule has 0 radical (unpaired) electrons. The molecule has 0 atom stereocenters. The number of nitrogens with zero attached hydrogens (tertiary/aromatic N) is 5. The highest BCUT2D eigenvalue weighted by Gasteiger charge is 2.32. The van der Waals surface area contributed by atoms with E-state index in [1.807, 2.05) is 4.90 Å². The van der Waals surface area contributed by atoms with Crippen LogP contribution in [0.1, 0.15) is 17.0 Å². The molecule has 174 valence electrons. The molecule has 1 fully saturated rings. The lowest BCUT2D eigenvalue weighted by Crippen LogP contribution is -2.48. The van der Waals surface area contributed by atoms with Gasteiger partial charge in [-0.3, -0.25) is 15.0 Å². The van der Waals surface area contributed by atoms with E-state index >= 15 is 0 Å². The number of benzene rings is 2. The number of aromatic nitrogens is 2. The Balaban J connectivity index is 1.43. The van der Waals surface area contributed by atoms with E-state index in [2.05, 4.69) is 10.1 Å². The van der Waals surface area contributed by atoms with Crippen LogP contribution in [-0.2, 0) is 16.6 Å². The number of aryl methyl sites for hydroxylation is 1.